The van der Waals surface area contributed by atoms with Gasteiger partial charge in [-0.1, -0.05) is 46.5 Å². The molecule has 0 amide bonds. The lowest BCUT2D eigenvalue weighted by atomic mass is 9.79. The van der Waals surface area contributed by atoms with Gasteiger partial charge in [0.05, 0.1) is 0 Å². The first kappa shape index (κ1) is 12.9. The second kappa shape index (κ2) is 6.39. The van der Waals surface area contributed by atoms with E-state index in [0.717, 1.165) is 38.5 Å². The highest BCUT2D eigenvalue weighted by atomic mass is 16.5. The van der Waals surface area contributed by atoms with Crippen LogP contribution < -0.4 is 0 Å². The first-order chi connectivity index (χ1) is 6.06. The van der Waals surface area contributed by atoms with Crippen molar-refractivity contribution in [2.24, 2.45) is 5.41 Å². The highest BCUT2D eigenvalue weighted by molar-refractivity contribution is 4.75. The van der Waals surface area contributed by atoms with E-state index < -0.39 is 6.29 Å². The van der Waals surface area contributed by atoms with E-state index in [2.05, 4.69) is 13.8 Å². The number of aliphatic hydroxyl groups excluding tert-OH is 1. The molecule has 0 rings (SSSR count). The summed E-state index contributed by atoms with van der Waals surface area (Å²) in [6, 6.07) is 0. The Morgan fingerprint density at radius 3 is 1.62 bits per heavy atom. The maximum atomic E-state index is 9.28. The Balaban J connectivity index is 4.00. The maximum absolute atomic E-state index is 9.28. The van der Waals surface area contributed by atoms with Gasteiger partial charge in [0.25, 0.3) is 0 Å². The molecule has 0 aromatic heterocycles. The van der Waals surface area contributed by atoms with Crippen molar-refractivity contribution in [3.8, 4) is 0 Å². The predicted molar refractivity (Wildman–Crippen MR) is 55.4 cm³/mol. The van der Waals surface area contributed by atoms with Crippen LogP contribution >= 0.6 is 0 Å². The van der Waals surface area contributed by atoms with Crippen molar-refractivity contribution in [3.05, 3.63) is 0 Å². The topological polar surface area (TPSA) is 40.5 Å². The fourth-order valence-electron chi connectivity index (χ4n) is 1.54. The smallest absolute Gasteiger partial charge is 0.156 e. The third-order valence-corrected chi connectivity index (χ3v) is 2.83. The van der Waals surface area contributed by atoms with Crippen molar-refractivity contribution >= 4 is 0 Å². The van der Waals surface area contributed by atoms with Crippen molar-refractivity contribution < 1.29 is 10.2 Å². The maximum Gasteiger partial charge on any atom is 0.156 e. The lowest BCUT2D eigenvalue weighted by Crippen LogP contribution is -2.32. The van der Waals surface area contributed by atoms with Crippen molar-refractivity contribution in [2.45, 2.75) is 65.6 Å². The lowest BCUT2D eigenvalue weighted by molar-refractivity contribution is -0.135. The Morgan fingerprint density at radius 2 is 1.38 bits per heavy atom. The van der Waals surface area contributed by atoms with E-state index in [9.17, 15) is 10.2 Å². The monoisotopic (exact) mass is 188 g/mol. The van der Waals surface area contributed by atoms with Gasteiger partial charge in [0.2, 0.25) is 0 Å². The zero-order valence-corrected chi connectivity index (χ0v) is 9.21. The summed E-state index contributed by atoms with van der Waals surface area (Å²) in [6.45, 7) is 6.23. The molecule has 2 nitrogen and oxygen atoms in total. The van der Waals surface area contributed by atoms with Crippen LogP contribution in [0.4, 0.5) is 0 Å². The van der Waals surface area contributed by atoms with Crippen LogP contribution in [0.2, 0.25) is 0 Å². The highest BCUT2D eigenvalue weighted by Gasteiger charge is 2.30. The molecule has 0 fully saturated rings. The molecule has 2 heteroatoms. The zero-order chi connectivity index (χ0) is 10.3. The summed E-state index contributed by atoms with van der Waals surface area (Å²) < 4.78 is 0. The summed E-state index contributed by atoms with van der Waals surface area (Å²) in [7, 11) is 0. The Kier molecular flexibility index (Phi) is 6.35. The highest BCUT2D eigenvalue weighted by Crippen LogP contribution is 2.33. The number of unbranched alkanes of at least 4 members (excludes halogenated alkanes) is 2. The van der Waals surface area contributed by atoms with Crippen molar-refractivity contribution in [1.82, 2.24) is 0 Å². The lowest BCUT2D eigenvalue weighted by Gasteiger charge is -2.31. The average Bonchev–Trinajstić information content (AvgIpc) is 2.11. The molecule has 0 unspecified atom stereocenters. The van der Waals surface area contributed by atoms with Gasteiger partial charge in [-0.05, 0) is 12.8 Å². The molecule has 13 heavy (non-hydrogen) atoms. The molecular weight excluding hydrogens is 164 g/mol. The molecule has 0 aromatic carbocycles. The summed E-state index contributed by atoms with van der Waals surface area (Å²) in [5.41, 5.74) is -0.286. The minimum Gasteiger partial charge on any atom is -0.368 e. The van der Waals surface area contributed by atoms with Gasteiger partial charge in [0.15, 0.2) is 6.29 Å². The Bertz CT molecular complexity index is 113. The normalized spacial score (nSPS) is 12.5. The van der Waals surface area contributed by atoms with Crippen LogP contribution in [0.1, 0.15) is 59.3 Å². The minimum absolute atomic E-state index is 0.286. The van der Waals surface area contributed by atoms with Crippen LogP contribution in [0.15, 0.2) is 0 Å². The first-order valence-corrected chi connectivity index (χ1v) is 5.43. The molecule has 80 valence electrons. The van der Waals surface area contributed by atoms with Gasteiger partial charge in [-0.2, -0.15) is 0 Å². The molecule has 0 bridgehead atoms. The fourth-order valence-corrected chi connectivity index (χ4v) is 1.54. The van der Waals surface area contributed by atoms with Crippen LogP contribution in [-0.2, 0) is 0 Å². The zero-order valence-electron chi connectivity index (χ0n) is 9.21. The summed E-state index contributed by atoms with van der Waals surface area (Å²) in [6.07, 6.45) is 5.08. The van der Waals surface area contributed by atoms with Crippen molar-refractivity contribution in [1.29, 1.82) is 0 Å². The van der Waals surface area contributed by atoms with Gasteiger partial charge < -0.3 is 10.2 Å². The molecule has 0 saturated heterocycles. The van der Waals surface area contributed by atoms with E-state index in [1.807, 2.05) is 6.92 Å². The molecule has 0 saturated carbocycles. The van der Waals surface area contributed by atoms with Gasteiger partial charge in [-0.25, -0.2) is 0 Å². The third kappa shape index (κ3) is 4.63. The second-order valence-electron chi connectivity index (χ2n) is 4.23. The van der Waals surface area contributed by atoms with E-state index >= 15 is 0 Å². The molecular formula is C11H24O2. The molecule has 2 N–H and O–H groups in total. The van der Waals surface area contributed by atoms with Gasteiger partial charge in [0.1, 0.15) is 0 Å². The average molecular weight is 188 g/mol. The van der Waals surface area contributed by atoms with E-state index in [1.165, 1.54) is 0 Å². The Hall–Kier alpha value is -0.0800. The molecule has 0 atom stereocenters. The quantitative estimate of drug-likeness (QED) is 0.603. The fraction of sp³-hybridized carbons (Fsp3) is 1.00. The number of aliphatic hydroxyl groups is 2. The van der Waals surface area contributed by atoms with Crippen LogP contribution in [-0.4, -0.2) is 16.5 Å². The van der Waals surface area contributed by atoms with Gasteiger partial charge >= 0.3 is 0 Å². The summed E-state index contributed by atoms with van der Waals surface area (Å²) in [5, 5.41) is 18.6. The van der Waals surface area contributed by atoms with Crippen LogP contribution in [0.5, 0.6) is 0 Å². The van der Waals surface area contributed by atoms with Crippen LogP contribution in [0, 0.1) is 5.41 Å². The second-order valence-corrected chi connectivity index (χ2v) is 4.23. The molecule has 0 radical (unpaired) electrons. The summed E-state index contributed by atoms with van der Waals surface area (Å²) in [4.78, 5) is 0. The molecule has 0 aliphatic carbocycles. The molecule has 0 heterocycles. The standard InChI is InChI=1S/C11H24O2/c1-4-6-8-11(3,10(12)13)9-7-5-2/h10,12-13H,4-9H2,1-3H3. The Morgan fingerprint density at radius 1 is 1.00 bits per heavy atom. The SMILES string of the molecule is CCCCC(C)(CCCC)C(O)O. The number of hydrogen-bond donors (Lipinski definition) is 2. The molecule has 0 spiro atoms. The summed E-state index contributed by atoms with van der Waals surface area (Å²) in [5.74, 6) is 0. The first-order valence-electron chi connectivity index (χ1n) is 5.43. The van der Waals surface area contributed by atoms with E-state index in [4.69, 9.17) is 0 Å². The van der Waals surface area contributed by atoms with Gasteiger partial charge in [-0.3, -0.25) is 0 Å². The van der Waals surface area contributed by atoms with Crippen LogP contribution in [0.25, 0.3) is 0 Å². The van der Waals surface area contributed by atoms with Crippen molar-refractivity contribution in [3.63, 3.8) is 0 Å². The van der Waals surface area contributed by atoms with E-state index in [-0.39, 0.29) is 5.41 Å². The van der Waals surface area contributed by atoms with Gasteiger partial charge in [0, 0.05) is 5.41 Å². The largest absolute Gasteiger partial charge is 0.368 e. The van der Waals surface area contributed by atoms with E-state index in [1.54, 1.807) is 0 Å². The molecule has 0 aliphatic rings. The predicted octanol–water partition coefficient (Wildman–Crippen LogP) is 2.68. The molecule has 0 aliphatic heterocycles. The number of hydrogen-bond acceptors (Lipinski definition) is 2. The summed E-state index contributed by atoms with van der Waals surface area (Å²) >= 11 is 0. The molecule has 0 aromatic rings. The minimum atomic E-state index is -1.16. The van der Waals surface area contributed by atoms with Crippen molar-refractivity contribution in [2.75, 3.05) is 0 Å². The van der Waals surface area contributed by atoms with Gasteiger partial charge in [-0.15, -0.1) is 0 Å². The third-order valence-electron chi connectivity index (χ3n) is 2.83. The van der Waals surface area contributed by atoms with Crippen LogP contribution in [0.3, 0.4) is 0 Å². The Labute approximate surface area is 82.0 Å². The number of rotatable bonds is 7. The van der Waals surface area contributed by atoms with E-state index in [0.29, 0.717) is 0 Å².